The lowest BCUT2D eigenvalue weighted by Gasteiger charge is -2.36. The fourth-order valence-corrected chi connectivity index (χ4v) is 4.11. The van der Waals surface area contributed by atoms with E-state index in [1.165, 1.54) is 12.1 Å². The predicted molar refractivity (Wildman–Crippen MR) is 120 cm³/mol. The molecule has 160 valence electrons. The summed E-state index contributed by atoms with van der Waals surface area (Å²) in [6.07, 6.45) is 0.628. The fourth-order valence-electron chi connectivity index (χ4n) is 3.92. The van der Waals surface area contributed by atoms with Crippen LogP contribution in [0, 0.1) is 19.7 Å². The molecule has 31 heavy (non-hydrogen) atoms. The first-order valence-corrected chi connectivity index (χ1v) is 10.7. The minimum absolute atomic E-state index is 0.0104. The van der Waals surface area contributed by atoms with Gasteiger partial charge >= 0.3 is 0 Å². The van der Waals surface area contributed by atoms with Crippen LogP contribution in [0.5, 0.6) is 0 Å². The summed E-state index contributed by atoms with van der Waals surface area (Å²) >= 11 is 6.04. The maximum atomic E-state index is 13.3. The molecule has 2 aromatic carbocycles. The Kier molecular flexibility index (Phi) is 6.18. The van der Waals surface area contributed by atoms with Crippen LogP contribution in [0.25, 0.3) is 0 Å². The molecule has 3 aromatic rings. The summed E-state index contributed by atoms with van der Waals surface area (Å²) in [4.78, 5) is 26.2. The maximum absolute atomic E-state index is 13.3. The van der Waals surface area contributed by atoms with Crippen LogP contribution in [0.15, 0.2) is 48.5 Å². The third-order valence-corrected chi connectivity index (χ3v) is 5.77. The average molecular weight is 439 g/mol. The molecule has 1 amide bonds. The van der Waals surface area contributed by atoms with E-state index in [4.69, 9.17) is 16.6 Å². The van der Waals surface area contributed by atoms with Crippen LogP contribution in [-0.2, 0) is 6.42 Å². The molecule has 0 bridgehead atoms. The van der Waals surface area contributed by atoms with Crippen molar-refractivity contribution in [2.75, 3.05) is 31.1 Å². The summed E-state index contributed by atoms with van der Waals surface area (Å²) in [6.45, 7) is 6.43. The molecule has 5 nitrogen and oxygen atoms in total. The van der Waals surface area contributed by atoms with Gasteiger partial charge in [0.25, 0.3) is 5.91 Å². The number of hydrogen-bond donors (Lipinski definition) is 0. The molecule has 0 saturated carbocycles. The highest BCUT2D eigenvalue weighted by atomic mass is 35.5. The smallest absolute Gasteiger partial charge is 0.254 e. The number of benzene rings is 2. The zero-order chi connectivity index (χ0) is 22.0. The second-order valence-corrected chi connectivity index (χ2v) is 8.19. The van der Waals surface area contributed by atoms with Gasteiger partial charge in [0.2, 0.25) is 0 Å². The van der Waals surface area contributed by atoms with E-state index in [2.05, 4.69) is 9.88 Å². The van der Waals surface area contributed by atoms with Crippen molar-refractivity contribution in [3.63, 3.8) is 0 Å². The van der Waals surface area contributed by atoms with Gasteiger partial charge in [-0.1, -0.05) is 29.8 Å². The van der Waals surface area contributed by atoms with Crippen LogP contribution in [0.2, 0.25) is 5.02 Å². The number of rotatable bonds is 4. The minimum Gasteiger partial charge on any atom is -0.353 e. The van der Waals surface area contributed by atoms with Crippen LogP contribution in [0.1, 0.15) is 33.0 Å². The lowest BCUT2D eigenvalue weighted by Crippen LogP contribution is -2.49. The number of halogens is 2. The van der Waals surface area contributed by atoms with Gasteiger partial charge in [0.15, 0.2) is 0 Å². The number of aryl methyl sites for hydroxylation is 2. The average Bonchev–Trinajstić information content (AvgIpc) is 2.76. The Balaban J connectivity index is 1.52. The molecule has 0 spiro atoms. The van der Waals surface area contributed by atoms with Crippen molar-refractivity contribution in [3.8, 4) is 0 Å². The molecule has 1 aliphatic rings. The Bertz CT molecular complexity index is 1100. The number of aromatic nitrogens is 2. The van der Waals surface area contributed by atoms with Gasteiger partial charge in [-0.05, 0) is 49.7 Å². The van der Waals surface area contributed by atoms with Gasteiger partial charge in [-0.15, -0.1) is 0 Å². The maximum Gasteiger partial charge on any atom is 0.254 e. The standard InChI is InChI=1S/C24H24ClFN4O/c1-16-22(14-18-6-8-21(26)9-7-18)23(28-17(2)27-16)29-10-12-30(13-11-29)24(31)19-4-3-5-20(25)15-19/h3-9,15H,10-14H2,1-2H3. The normalized spacial score (nSPS) is 14.1. The molecule has 1 saturated heterocycles. The van der Waals surface area contributed by atoms with Gasteiger partial charge in [-0.25, -0.2) is 14.4 Å². The van der Waals surface area contributed by atoms with Crippen molar-refractivity contribution in [3.05, 3.63) is 87.6 Å². The van der Waals surface area contributed by atoms with Crippen molar-refractivity contribution in [1.29, 1.82) is 0 Å². The third-order valence-electron chi connectivity index (χ3n) is 5.54. The summed E-state index contributed by atoms with van der Waals surface area (Å²) in [5, 5.41) is 0.557. The Morgan fingerprint density at radius 2 is 1.74 bits per heavy atom. The fraction of sp³-hybridized carbons (Fsp3) is 0.292. The van der Waals surface area contributed by atoms with E-state index in [0.717, 1.165) is 22.6 Å². The number of carbonyl (C=O) groups excluding carboxylic acids is 1. The first-order chi connectivity index (χ1) is 14.9. The first kappa shape index (κ1) is 21.2. The highest BCUT2D eigenvalue weighted by Crippen LogP contribution is 2.25. The molecule has 0 aliphatic carbocycles. The van der Waals surface area contributed by atoms with E-state index in [-0.39, 0.29) is 11.7 Å². The molecule has 1 aliphatic heterocycles. The van der Waals surface area contributed by atoms with E-state index in [1.807, 2.05) is 18.7 Å². The number of amides is 1. The number of piperazine rings is 1. The largest absolute Gasteiger partial charge is 0.353 e. The SMILES string of the molecule is Cc1nc(C)c(Cc2ccc(F)cc2)c(N2CCN(C(=O)c3cccc(Cl)c3)CC2)n1. The van der Waals surface area contributed by atoms with Gasteiger partial charge in [0.1, 0.15) is 17.5 Å². The Morgan fingerprint density at radius 3 is 2.42 bits per heavy atom. The van der Waals surface area contributed by atoms with E-state index in [1.54, 1.807) is 36.4 Å². The van der Waals surface area contributed by atoms with E-state index >= 15 is 0 Å². The second-order valence-electron chi connectivity index (χ2n) is 7.75. The molecule has 0 N–H and O–H groups in total. The second kappa shape index (κ2) is 9.02. The van der Waals surface area contributed by atoms with Crippen LogP contribution in [0.4, 0.5) is 10.2 Å². The molecular weight excluding hydrogens is 415 g/mol. The molecule has 2 heterocycles. The quantitative estimate of drug-likeness (QED) is 0.604. The summed E-state index contributed by atoms with van der Waals surface area (Å²) in [5.74, 6) is 1.35. The first-order valence-electron chi connectivity index (χ1n) is 10.3. The van der Waals surface area contributed by atoms with E-state index in [0.29, 0.717) is 49.0 Å². The highest BCUT2D eigenvalue weighted by Gasteiger charge is 2.25. The number of carbonyl (C=O) groups is 1. The molecule has 0 unspecified atom stereocenters. The third kappa shape index (κ3) is 4.85. The molecule has 0 radical (unpaired) electrons. The van der Waals surface area contributed by atoms with Gasteiger partial charge in [-0.2, -0.15) is 0 Å². The summed E-state index contributed by atoms with van der Waals surface area (Å²) in [6, 6.07) is 13.6. The van der Waals surface area contributed by atoms with Crippen LogP contribution in [0.3, 0.4) is 0 Å². The number of nitrogens with zero attached hydrogens (tertiary/aromatic N) is 4. The topological polar surface area (TPSA) is 49.3 Å². The Morgan fingerprint density at radius 1 is 1.03 bits per heavy atom. The van der Waals surface area contributed by atoms with Crippen molar-refractivity contribution >= 4 is 23.3 Å². The molecule has 7 heteroatoms. The predicted octanol–water partition coefficient (Wildman–Crippen LogP) is 4.44. The van der Waals surface area contributed by atoms with Crippen molar-refractivity contribution < 1.29 is 9.18 Å². The van der Waals surface area contributed by atoms with Gasteiger partial charge in [0.05, 0.1) is 0 Å². The van der Waals surface area contributed by atoms with Gasteiger partial charge < -0.3 is 9.80 Å². The Hall–Kier alpha value is -2.99. The van der Waals surface area contributed by atoms with Crippen LogP contribution in [-0.4, -0.2) is 47.0 Å². The van der Waals surface area contributed by atoms with E-state index in [9.17, 15) is 9.18 Å². The number of hydrogen-bond acceptors (Lipinski definition) is 4. The molecule has 4 rings (SSSR count). The molecule has 1 fully saturated rings. The highest BCUT2D eigenvalue weighted by molar-refractivity contribution is 6.30. The van der Waals surface area contributed by atoms with Crippen molar-refractivity contribution in [2.24, 2.45) is 0 Å². The molecular formula is C24H24ClFN4O. The Labute approximate surface area is 186 Å². The lowest BCUT2D eigenvalue weighted by atomic mass is 10.0. The minimum atomic E-state index is -0.249. The van der Waals surface area contributed by atoms with Crippen LogP contribution < -0.4 is 4.90 Å². The zero-order valence-corrected chi connectivity index (χ0v) is 18.4. The summed E-state index contributed by atoms with van der Waals surface area (Å²) in [7, 11) is 0. The number of anilines is 1. The monoisotopic (exact) mass is 438 g/mol. The zero-order valence-electron chi connectivity index (χ0n) is 17.6. The summed E-state index contributed by atoms with van der Waals surface area (Å²) < 4.78 is 13.3. The van der Waals surface area contributed by atoms with Crippen molar-refractivity contribution in [1.82, 2.24) is 14.9 Å². The summed E-state index contributed by atoms with van der Waals surface area (Å²) in [5.41, 5.74) is 3.57. The molecule has 1 aromatic heterocycles. The van der Waals surface area contributed by atoms with Gasteiger partial charge in [0, 0.05) is 54.4 Å². The lowest BCUT2D eigenvalue weighted by molar-refractivity contribution is 0.0746. The van der Waals surface area contributed by atoms with Crippen molar-refractivity contribution in [2.45, 2.75) is 20.3 Å². The van der Waals surface area contributed by atoms with Crippen LogP contribution >= 0.6 is 11.6 Å². The van der Waals surface area contributed by atoms with E-state index < -0.39 is 0 Å². The van der Waals surface area contributed by atoms with Gasteiger partial charge in [-0.3, -0.25) is 4.79 Å². The molecule has 0 atom stereocenters.